The van der Waals surface area contributed by atoms with E-state index in [1.54, 1.807) is 19.4 Å². The quantitative estimate of drug-likeness (QED) is 0.810. The van der Waals surface area contributed by atoms with Crippen LogP contribution in [-0.2, 0) is 6.61 Å². The molecule has 2 aromatic rings. The van der Waals surface area contributed by atoms with Gasteiger partial charge in [0.25, 0.3) is 0 Å². The summed E-state index contributed by atoms with van der Waals surface area (Å²) in [6.07, 6.45) is 2.89. The Morgan fingerprint density at radius 1 is 1.21 bits per heavy atom. The lowest BCUT2D eigenvalue weighted by Gasteiger charge is -2.20. The minimum Gasteiger partial charge on any atom is -0.497 e. The number of ether oxygens (including phenoxy) is 2. The van der Waals surface area contributed by atoms with Gasteiger partial charge in [-0.1, -0.05) is 12.1 Å². The predicted molar refractivity (Wildman–Crippen MR) is 93.7 cm³/mol. The standard InChI is InChI=1S/C18H24N4O2/c1-21(2)15-9-11-22(12-15)18-19-10-8-17(20-18)24-13-14-4-6-16(23-3)7-5-14/h4-8,10,15H,9,11-13H2,1-3H3/t15-/m1/s1. The van der Waals surface area contributed by atoms with E-state index in [1.165, 1.54) is 0 Å². The van der Waals surface area contributed by atoms with E-state index in [2.05, 4.69) is 33.9 Å². The van der Waals surface area contributed by atoms with Crippen LogP contribution in [0.15, 0.2) is 36.5 Å². The third-order valence-electron chi connectivity index (χ3n) is 4.34. The number of aromatic nitrogens is 2. The molecule has 1 saturated heterocycles. The Balaban J connectivity index is 1.61. The van der Waals surface area contributed by atoms with Crippen molar-refractivity contribution in [3.63, 3.8) is 0 Å². The number of nitrogens with zero attached hydrogens (tertiary/aromatic N) is 4. The Kier molecular flexibility index (Phi) is 5.15. The van der Waals surface area contributed by atoms with Gasteiger partial charge < -0.3 is 19.3 Å². The number of benzene rings is 1. The van der Waals surface area contributed by atoms with Crippen molar-refractivity contribution < 1.29 is 9.47 Å². The molecule has 0 saturated carbocycles. The molecule has 1 atom stereocenters. The van der Waals surface area contributed by atoms with Crippen molar-refractivity contribution in [2.24, 2.45) is 0 Å². The average molecular weight is 328 g/mol. The van der Waals surface area contributed by atoms with E-state index < -0.39 is 0 Å². The molecule has 1 fully saturated rings. The summed E-state index contributed by atoms with van der Waals surface area (Å²) in [5.74, 6) is 2.18. The van der Waals surface area contributed by atoms with Gasteiger partial charge in [0.15, 0.2) is 0 Å². The second kappa shape index (κ2) is 7.49. The number of rotatable bonds is 6. The Bertz CT molecular complexity index is 660. The summed E-state index contributed by atoms with van der Waals surface area (Å²) in [6.45, 7) is 2.40. The molecule has 1 aromatic heterocycles. The van der Waals surface area contributed by atoms with Crippen LogP contribution in [-0.4, -0.2) is 55.2 Å². The fourth-order valence-corrected chi connectivity index (χ4v) is 2.79. The average Bonchev–Trinajstić information content (AvgIpc) is 3.11. The molecule has 0 radical (unpaired) electrons. The van der Waals surface area contributed by atoms with Crippen LogP contribution in [0.25, 0.3) is 0 Å². The summed E-state index contributed by atoms with van der Waals surface area (Å²) < 4.78 is 11.0. The number of likely N-dealkylation sites (N-methyl/N-ethyl adjacent to an activating group) is 1. The molecule has 6 nitrogen and oxygen atoms in total. The summed E-state index contributed by atoms with van der Waals surface area (Å²) in [5.41, 5.74) is 1.07. The first-order valence-corrected chi connectivity index (χ1v) is 8.16. The Morgan fingerprint density at radius 3 is 2.67 bits per heavy atom. The Morgan fingerprint density at radius 2 is 2.00 bits per heavy atom. The van der Waals surface area contributed by atoms with Gasteiger partial charge in [-0.3, -0.25) is 0 Å². The molecule has 128 valence electrons. The highest BCUT2D eigenvalue weighted by Gasteiger charge is 2.25. The molecule has 0 bridgehead atoms. The van der Waals surface area contributed by atoms with Crippen molar-refractivity contribution in [2.75, 3.05) is 39.2 Å². The van der Waals surface area contributed by atoms with E-state index in [-0.39, 0.29) is 0 Å². The van der Waals surface area contributed by atoms with E-state index in [4.69, 9.17) is 9.47 Å². The lowest BCUT2D eigenvalue weighted by atomic mass is 10.2. The van der Waals surface area contributed by atoms with Gasteiger partial charge in [0.05, 0.1) is 7.11 Å². The smallest absolute Gasteiger partial charge is 0.228 e. The minimum absolute atomic E-state index is 0.473. The van der Waals surface area contributed by atoms with Crippen LogP contribution >= 0.6 is 0 Å². The lowest BCUT2D eigenvalue weighted by Crippen LogP contribution is -2.32. The highest BCUT2D eigenvalue weighted by atomic mass is 16.5. The van der Waals surface area contributed by atoms with Gasteiger partial charge in [-0.25, -0.2) is 4.98 Å². The maximum Gasteiger partial charge on any atom is 0.228 e. The third-order valence-corrected chi connectivity index (χ3v) is 4.34. The Labute approximate surface area is 143 Å². The van der Waals surface area contributed by atoms with Gasteiger partial charge in [-0.15, -0.1) is 0 Å². The maximum absolute atomic E-state index is 5.81. The van der Waals surface area contributed by atoms with Gasteiger partial charge in [-0.05, 0) is 38.2 Å². The maximum atomic E-state index is 5.81. The van der Waals surface area contributed by atoms with Crippen LogP contribution in [0, 0.1) is 0 Å². The summed E-state index contributed by atoms with van der Waals surface area (Å²) in [5, 5.41) is 0. The highest BCUT2D eigenvalue weighted by molar-refractivity contribution is 5.34. The fraction of sp³-hybridized carbons (Fsp3) is 0.444. The number of hydrogen-bond acceptors (Lipinski definition) is 6. The van der Waals surface area contributed by atoms with E-state index in [9.17, 15) is 0 Å². The molecule has 0 aliphatic carbocycles. The van der Waals surface area contributed by atoms with Crippen LogP contribution in [0.3, 0.4) is 0 Å². The number of anilines is 1. The zero-order valence-electron chi connectivity index (χ0n) is 14.5. The minimum atomic E-state index is 0.473. The first-order valence-electron chi connectivity index (χ1n) is 8.16. The first-order chi connectivity index (χ1) is 11.7. The van der Waals surface area contributed by atoms with Crippen LogP contribution in [0.1, 0.15) is 12.0 Å². The molecule has 2 heterocycles. The van der Waals surface area contributed by atoms with E-state index in [0.29, 0.717) is 18.5 Å². The fourth-order valence-electron chi connectivity index (χ4n) is 2.79. The molecule has 0 unspecified atom stereocenters. The summed E-state index contributed by atoms with van der Waals surface area (Å²) in [6, 6.07) is 10.2. The van der Waals surface area contributed by atoms with Crippen LogP contribution in [0.2, 0.25) is 0 Å². The van der Waals surface area contributed by atoms with Crippen molar-refractivity contribution >= 4 is 5.95 Å². The second-order valence-electron chi connectivity index (χ2n) is 6.18. The summed E-state index contributed by atoms with van der Waals surface area (Å²) in [4.78, 5) is 13.4. The third kappa shape index (κ3) is 3.94. The van der Waals surface area contributed by atoms with Gasteiger partial charge >= 0.3 is 0 Å². The van der Waals surface area contributed by atoms with Crippen LogP contribution in [0.4, 0.5) is 5.95 Å². The SMILES string of the molecule is COc1ccc(COc2ccnc(N3CC[C@@H](N(C)C)C3)n2)cc1. The highest BCUT2D eigenvalue weighted by Crippen LogP contribution is 2.21. The van der Waals surface area contributed by atoms with Gasteiger partial charge in [0.1, 0.15) is 12.4 Å². The van der Waals surface area contributed by atoms with Crippen LogP contribution < -0.4 is 14.4 Å². The summed E-state index contributed by atoms with van der Waals surface area (Å²) >= 11 is 0. The topological polar surface area (TPSA) is 50.7 Å². The van der Waals surface area contributed by atoms with E-state index in [1.807, 2.05) is 24.3 Å². The Hall–Kier alpha value is -2.34. The largest absolute Gasteiger partial charge is 0.497 e. The zero-order chi connectivity index (χ0) is 16.9. The predicted octanol–water partition coefficient (Wildman–Crippen LogP) is 2.20. The van der Waals surface area contributed by atoms with Crippen molar-refractivity contribution in [3.05, 3.63) is 42.1 Å². The first kappa shape index (κ1) is 16.5. The van der Waals surface area contributed by atoms with E-state index in [0.717, 1.165) is 36.8 Å². The summed E-state index contributed by atoms with van der Waals surface area (Å²) in [7, 11) is 5.89. The molecule has 3 rings (SSSR count). The molecular formula is C18H24N4O2. The molecular weight excluding hydrogens is 304 g/mol. The molecule has 0 N–H and O–H groups in total. The second-order valence-corrected chi connectivity index (χ2v) is 6.18. The monoisotopic (exact) mass is 328 g/mol. The molecule has 1 aromatic carbocycles. The van der Waals surface area contributed by atoms with Gasteiger partial charge in [0, 0.05) is 31.4 Å². The molecule has 0 amide bonds. The van der Waals surface area contributed by atoms with Crippen molar-refractivity contribution in [1.29, 1.82) is 0 Å². The normalized spacial score (nSPS) is 17.3. The van der Waals surface area contributed by atoms with E-state index >= 15 is 0 Å². The van der Waals surface area contributed by atoms with Gasteiger partial charge in [0.2, 0.25) is 11.8 Å². The van der Waals surface area contributed by atoms with Gasteiger partial charge in [-0.2, -0.15) is 4.98 Å². The van der Waals surface area contributed by atoms with Crippen molar-refractivity contribution in [3.8, 4) is 11.6 Å². The molecule has 0 spiro atoms. The lowest BCUT2D eigenvalue weighted by molar-refractivity contribution is 0.293. The number of hydrogen-bond donors (Lipinski definition) is 0. The number of methoxy groups -OCH3 is 1. The van der Waals surface area contributed by atoms with Crippen molar-refractivity contribution in [2.45, 2.75) is 19.1 Å². The zero-order valence-corrected chi connectivity index (χ0v) is 14.5. The molecule has 1 aliphatic heterocycles. The molecule has 1 aliphatic rings. The van der Waals surface area contributed by atoms with Crippen molar-refractivity contribution in [1.82, 2.24) is 14.9 Å². The molecule has 24 heavy (non-hydrogen) atoms. The molecule has 6 heteroatoms. The van der Waals surface area contributed by atoms with Crippen LogP contribution in [0.5, 0.6) is 11.6 Å².